The zero-order chi connectivity index (χ0) is 13.2. The summed E-state index contributed by atoms with van der Waals surface area (Å²) in [5, 5.41) is 0.809. The highest BCUT2D eigenvalue weighted by Crippen LogP contribution is 2.31. The Morgan fingerprint density at radius 2 is 2.32 bits per heavy atom. The fourth-order valence-electron chi connectivity index (χ4n) is 3.29. The van der Waals surface area contributed by atoms with Gasteiger partial charge in [0.05, 0.1) is 12.2 Å². The lowest BCUT2D eigenvalue weighted by atomic mass is 9.95. The average molecular weight is 282 g/mol. The van der Waals surface area contributed by atoms with Gasteiger partial charge in [-0.1, -0.05) is 23.7 Å². The van der Waals surface area contributed by atoms with Crippen molar-refractivity contribution in [1.82, 2.24) is 4.90 Å². The van der Waals surface area contributed by atoms with Crippen LogP contribution in [-0.4, -0.2) is 43.4 Å². The van der Waals surface area contributed by atoms with Crippen molar-refractivity contribution in [3.8, 4) is 0 Å². The molecule has 3 nitrogen and oxygen atoms in total. The van der Waals surface area contributed by atoms with Crippen LogP contribution in [0, 0.1) is 0 Å². The Hall–Kier alpha value is -0.610. The molecule has 2 aliphatic heterocycles. The number of nitrogens with zero attached hydrogens (tertiary/aromatic N) is 1. The molecule has 0 saturated carbocycles. The molecular formula is C15H20ClNO2. The molecule has 0 N–H and O–H groups in total. The van der Waals surface area contributed by atoms with Crippen LogP contribution in [0.4, 0.5) is 0 Å². The van der Waals surface area contributed by atoms with Gasteiger partial charge in [0.2, 0.25) is 0 Å². The minimum atomic E-state index is 0.234. The minimum Gasteiger partial charge on any atom is -0.379 e. The van der Waals surface area contributed by atoms with Crippen LogP contribution in [0.2, 0.25) is 5.02 Å². The molecule has 0 aliphatic carbocycles. The quantitative estimate of drug-likeness (QED) is 0.850. The van der Waals surface area contributed by atoms with Gasteiger partial charge in [0.1, 0.15) is 0 Å². The molecule has 2 saturated heterocycles. The highest BCUT2D eigenvalue weighted by Gasteiger charge is 2.42. The number of halogens is 1. The first kappa shape index (κ1) is 13.4. The van der Waals surface area contributed by atoms with Crippen LogP contribution in [0.15, 0.2) is 24.3 Å². The largest absolute Gasteiger partial charge is 0.379 e. The van der Waals surface area contributed by atoms with Gasteiger partial charge in [-0.05, 0) is 30.5 Å². The van der Waals surface area contributed by atoms with E-state index in [9.17, 15) is 0 Å². The van der Waals surface area contributed by atoms with Gasteiger partial charge in [0.15, 0.2) is 0 Å². The SMILES string of the molecule is CO[C@H]1CCN(Cc2cccc(Cl)c2)[C@H]2CCO[C@H]12. The molecule has 3 atom stereocenters. The normalized spacial score (nSPS) is 31.4. The average Bonchev–Trinajstić information content (AvgIpc) is 2.89. The fraction of sp³-hybridized carbons (Fsp3) is 0.600. The molecule has 1 aromatic carbocycles. The third-order valence-electron chi connectivity index (χ3n) is 4.22. The van der Waals surface area contributed by atoms with E-state index in [1.807, 2.05) is 12.1 Å². The summed E-state index contributed by atoms with van der Waals surface area (Å²) in [6, 6.07) is 8.61. The van der Waals surface area contributed by atoms with Crippen molar-refractivity contribution in [2.75, 3.05) is 20.3 Å². The maximum atomic E-state index is 6.06. The minimum absolute atomic E-state index is 0.234. The van der Waals surface area contributed by atoms with Crippen LogP contribution in [-0.2, 0) is 16.0 Å². The molecule has 0 unspecified atom stereocenters. The maximum absolute atomic E-state index is 6.06. The van der Waals surface area contributed by atoms with Crippen molar-refractivity contribution in [2.24, 2.45) is 0 Å². The van der Waals surface area contributed by atoms with Crippen LogP contribution < -0.4 is 0 Å². The summed E-state index contributed by atoms with van der Waals surface area (Å²) in [5.41, 5.74) is 1.27. The van der Waals surface area contributed by atoms with Gasteiger partial charge < -0.3 is 9.47 Å². The number of hydrogen-bond acceptors (Lipinski definition) is 3. The van der Waals surface area contributed by atoms with Gasteiger partial charge in [-0.3, -0.25) is 4.90 Å². The smallest absolute Gasteiger partial charge is 0.0992 e. The number of ether oxygens (including phenoxy) is 2. The summed E-state index contributed by atoms with van der Waals surface area (Å²) in [5.74, 6) is 0. The van der Waals surface area contributed by atoms with Crippen LogP contribution in [0.5, 0.6) is 0 Å². The van der Waals surface area contributed by atoms with Gasteiger partial charge in [0, 0.05) is 37.9 Å². The maximum Gasteiger partial charge on any atom is 0.0992 e. The zero-order valence-corrected chi connectivity index (χ0v) is 12.0. The molecule has 2 fully saturated rings. The van der Waals surface area contributed by atoms with E-state index in [4.69, 9.17) is 21.1 Å². The Morgan fingerprint density at radius 1 is 1.42 bits per heavy atom. The Bertz CT molecular complexity index is 440. The molecule has 4 heteroatoms. The molecule has 19 heavy (non-hydrogen) atoms. The summed E-state index contributed by atoms with van der Waals surface area (Å²) in [4.78, 5) is 2.51. The van der Waals surface area contributed by atoms with E-state index in [1.165, 1.54) is 5.56 Å². The van der Waals surface area contributed by atoms with Crippen molar-refractivity contribution in [1.29, 1.82) is 0 Å². The van der Waals surface area contributed by atoms with E-state index in [0.717, 1.165) is 37.6 Å². The molecular weight excluding hydrogens is 262 g/mol. The van der Waals surface area contributed by atoms with Crippen molar-refractivity contribution >= 4 is 11.6 Å². The van der Waals surface area contributed by atoms with Gasteiger partial charge in [-0.2, -0.15) is 0 Å². The summed E-state index contributed by atoms with van der Waals surface area (Å²) in [7, 11) is 1.79. The monoisotopic (exact) mass is 281 g/mol. The first-order valence-corrected chi connectivity index (χ1v) is 7.28. The van der Waals surface area contributed by atoms with Crippen LogP contribution in [0.1, 0.15) is 18.4 Å². The zero-order valence-electron chi connectivity index (χ0n) is 11.2. The lowest BCUT2D eigenvalue weighted by Crippen LogP contribution is -2.52. The van der Waals surface area contributed by atoms with E-state index in [0.29, 0.717) is 6.04 Å². The first-order valence-electron chi connectivity index (χ1n) is 6.91. The number of likely N-dealkylation sites (tertiary alicyclic amines) is 1. The topological polar surface area (TPSA) is 21.7 Å². The number of fused-ring (bicyclic) bond motifs is 1. The first-order chi connectivity index (χ1) is 9.28. The summed E-state index contributed by atoms with van der Waals surface area (Å²) >= 11 is 6.06. The predicted octanol–water partition coefficient (Wildman–Crippen LogP) is 2.72. The molecule has 0 spiro atoms. The van der Waals surface area contributed by atoms with E-state index < -0.39 is 0 Å². The van der Waals surface area contributed by atoms with Crippen molar-refractivity contribution < 1.29 is 9.47 Å². The van der Waals surface area contributed by atoms with E-state index in [-0.39, 0.29) is 12.2 Å². The standard InChI is InChI=1S/C15H20ClNO2/c1-18-14-5-7-17(13-6-8-19-15(13)14)10-11-3-2-4-12(16)9-11/h2-4,9,13-15H,5-8,10H2,1H3/t13-,14-,15-/m0/s1. The number of benzene rings is 1. The highest BCUT2D eigenvalue weighted by atomic mass is 35.5. The third kappa shape index (κ3) is 2.79. The molecule has 0 aromatic heterocycles. The predicted molar refractivity (Wildman–Crippen MR) is 75.4 cm³/mol. The highest BCUT2D eigenvalue weighted by molar-refractivity contribution is 6.30. The second-order valence-electron chi connectivity index (χ2n) is 5.35. The Labute approximate surface area is 119 Å². The molecule has 0 radical (unpaired) electrons. The van der Waals surface area contributed by atoms with Gasteiger partial charge in [-0.25, -0.2) is 0 Å². The van der Waals surface area contributed by atoms with Gasteiger partial charge in [-0.15, -0.1) is 0 Å². The molecule has 0 bridgehead atoms. The number of piperidine rings is 1. The van der Waals surface area contributed by atoms with Crippen LogP contribution >= 0.6 is 11.6 Å². The molecule has 2 heterocycles. The third-order valence-corrected chi connectivity index (χ3v) is 4.45. The summed E-state index contributed by atoms with van der Waals surface area (Å²) in [6.07, 6.45) is 2.63. The molecule has 0 amide bonds. The number of methoxy groups -OCH3 is 1. The summed E-state index contributed by atoms with van der Waals surface area (Å²) < 4.78 is 11.4. The lowest BCUT2D eigenvalue weighted by molar-refractivity contribution is -0.0845. The lowest BCUT2D eigenvalue weighted by Gasteiger charge is -2.40. The Kier molecular flexibility index (Phi) is 4.08. The van der Waals surface area contributed by atoms with E-state index >= 15 is 0 Å². The number of hydrogen-bond donors (Lipinski definition) is 0. The fourth-order valence-corrected chi connectivity index (χ4v) is 3.50. The van der Waals surface area contributed by atoms with Gasteiger partial charge >= 0.3 is 0 Å². The molecule has 1 aromatic rings. The number of rotatable bonds is 3. The van der Waals surface area contributed by atoms with Crippen molar-refractivity contribution in [2.45, 2.75) is 37.6 Å². The second-order valence-corrected chi connectivity index (χ2v) is 5.79. The van der Waals surface area contributed by atoms with Gasteiger partial charge in [0.25, 0.3) is 0 Å². The van der Waals surface area contributed by atoms with Crippen LogP contribution in [0.3, 0.4) is 0 Å². The molecule has 2 aliphatic rings. The van der Waals surface area contributed by atoms with E-state index in [1.54, 1.807) is 7.11 Å². The Morgan fingerprint density at radius 3 is 3.11 bits per heavy atom. The van der Waals surface area contributed by atoms with Crippen molar-refractivity contribution in [3.05, 3.63) is 34.9 Å². The van der Waals surface area contributed by atoms with Crippen molar-refractivity contribution in [3.63, 3.8) is 0 Å². The molecule has 3 rings (SSSR count). The van der Waals surface area contributed by atoms with E-state index in [2.05, 4.69) is 17.0 Å². The Balaban J connectivity index is 1.71. The second kappa shape index (κ2) is 5.80. The summed E-state index contributed by atoms with van der Waals surface area (Å²) in [6.45, 7) is 2.86. The molecule has 104 valence electrons. The van der Waals surface area contributed by atoms with Crippen LogP contribution in [0.25, 0.3) is 0 Å².